The summed E-state index contributed by atoms with van der Waals surface area (Å²) in [6.07, 6.45) is 0.971. The van der Waals surface area contributed by atoms with Crippen molar-refractivity contribution in [3.8, 4) is 0 Å². The van der Waals surface area contributed by atoms with Crippen molar-refractivity contribution in [1.29, 1.82) is 0 Å². The van der Waals surface area contributed by atoms with E-state index in [2.05, 4.69) is 49.4 Å². The summed E-state index contributed by atoms with van der Waals surface area (Å²) in [5.41, 5.74) is 13.8. The van der Waals surface area contributed by atoms with Gasteiger partial charge in [0.25, 0.3) is 0 Å². The number of aliphatic carboxylic acids is 1. The molecular formula is C27H38N8O5. The van der Waals surface area contributed by atoms with Crippen molar-refractivity contribution in [2.45, 2.75) is 49.8 Å². The molecule has 0 spiro atoms. The summed E-state index contributed by atoms with van der Waals surface area (Å²) in [6.45, 7) is 3.17. The van der Waals surface area contributed by atoms with Crippen molar-refractivity contribution in [2.24, 2.45) is 17.6 Å². The van der Waals surface area contributed by atoms with Gasteiger partial charge in [-0.15, -0.1) is 0 Å². The summed E-state index contributed by atoms with van der Waals surface area (Å²) in [5.74, 6) is -0.0446. The van der Waals surface area contributed by atoms with Gasteiger partial charge in [-0.25, -0.2) is 15.0 Å². The van der Waals surface area contributed by atoms with Crippen molar-refractivity contribution in [2.75, 3.05) is 38.5 Å². The largest absolute Gasteiger partial charge is 0.480 e. The highest BCUT2D eigenvalue weighted by Crippen LogP contribution is 2.33. The second kappa shape index (κ2) is 12.5. The van der Waals surface area contributed by atoms with E-state index < -0.39 is 36.6 Å². The van der Waals surface area contributed by atoms with E-state index in [1.807, 2.05) is 6.07 Å². The lowest BCUT2D eigenvalue weighted by Crippen LogP contribution is -2.47. The number of piperidine rings is 1. The number of nitrogens with two attached hydrogens (primary N) is 2. The number of carbonyl (C=O) groups is 1. The molecule has 0 aliphatic carbocycles. The first-order chi connectivity index (χ1) is 19.3. The fraction of sp³-hybridized carbons (Fsp3) is 0.556. The number of aliphatic hydroxyl groups is 2. The van der Waals surface area contributed by atoms with E-state index >= 15 is 0 Å². The number of imidazole rings is 1. The third kappa shape index (κ3) is 6.40. The monoisotopic (exact) mass is 554 g/mol. The Labute approximate surface area is 232 Å². The van der Waals surface area contributed by atoms with Crippen LogP contribution in [0.2, 0.25) is 0 Å². The van der Waals surface area contributed by atoms with Crippen LogP contribution in [0.4, 0.5) is 5.82 Å². The van der Waals surface area contributed by atoms with Crippen molar-refractivity contribution >= 4 is 23.0 Å². The molecule has 2 fully saturated rings. The molecule has 7 atom stereocenters. The molecule has 8 N–H and O–H groups in total. The molecule has 4 heterocycles. The molecule has 3 aromatic rings. The van der Waals surface area contributed by atoms with Crippen LogP contribution < -0.4 is 16.8 Å². The van der Waals surface area contributed by atoms with Crippen LogP contribution >= 0.6 is 0 Å². The third-order valence-electron chi connectivity index (χ3n) is 7.93. The van der Waals surface area contributed by atoms with Gasteiger partial charge in [0, 0.05) is 19.6 Å². The molecule has 0 radical (unpaired) electrons. The Kier molecular flexibility index (Phi) is 8.88. The van der Waals surface area contributed by atoms with Gasteiger partial charge in [0.2, 0.25) is 0 Å². The van der Waals surface area contributed by atoms with Crippen LogP contribution in [-0.2, 0) is 16.0 Å². The molecule has 5 rings (SSSR count). The van der Waals surface area contributed by atoms with Crippen LogP contribution in [0.5, 0.6) is 0 Å². The highest BCUT2D eigenvalue weighted by atomic mass is 16.6. The van der Waals surface area contributed by atoms with Gasteiger partial charge < -0.3 is 41.7 Å². The fourth-order valence-electron chi connectivity index (χ4n) is 5.86. The fourth-order valence-corrected chi connectivity index (χ4v) is 5.86. The standard InChI is InChI=1S/C27H38N8O5/c28-19(27(38)39)6-7-34(12-18-9-17(10-30-11-18)8-16-4-2-1-3-5-16)13-20-22(36)23(37)26(40-20)35-15-33-21-24(29)31-14-32-25(21)35/h1-5,14-15,17-20,22-23,26,30,36-37H,6-13,28H2,(H,38,39)(H2,29,31,32)/t17?,18?,19?,20-,22-,23-,26-/m1/s1. The quantitative estimate of drug-likeness (QED) is 0.180. The SMILES string of the molecule is Nc1ncnc2c1ncn2[C@@H]1O[C@H](CN(CCC(N)C(=O)O)CC2CNCC(Cc3ccccc3)C2)[C@@H](O)[C@H]1O. The number of nitrogens with zero attached hydrogens (tertiary/aromatic N) is 5. The Bertz CT molecular complexity index is 1280. The third-order valence-corrected chi connectivity index (χ3v) is 7.93. The molecular weight excluding hydrogens is 516 g/mol. The van der Waals surface area contributed by atoms with E-state index in [-0.39, 0.29) is 12.2 Å². The minimum atomic E-state index is -1.23. The Morgan fingerprint density at radius 1 is 1.12 bits per heavy atom. The molecule has 1 aromatic carbocycles. The molecule has 13 heteroatoms. The molecule has 3 unspecified atom stereocenters. The van der Waals surface area contributed by atoms with Gasteiger partial charge in [0.05, 0.1) is 6.33 Å². The smallest absolute Gasteiger partial charge is 0.320 e. The van der Waals surface area contributed by atoms with E-state index in [1.165, 1.54) is 18.2 Å². The van der Waals surface area contributed by atoms with Gasteiger partial charge in [-0.1, -0.05) is 30.3 Å². The molecule has 0 amide bonds. The van der Waals surface area contributed by atoms with Gasteiger partial charge >= 0.3 is 5.97 Å². The molecule has 13 nitrogen and oxygen atoms in total. The minimum Gasteiger partial charge on any atom is -0.480 e. The van der Waals surface area contributed by atoms with Gasteiger partial charge in [0.15, 0.2) is 17.7 Å². The zero-order chi connectivity index (χ0) is 28.2. The number of hydrogen-bond acceptors (Lipinski definition) is 11. The molecule has 2 saturated heterocycles. The summed E-state index contributed by atoms with van der Waals surface area (Å²) in [6, 6.07) is 9.43. The molecule has 0 saturated carbocycles. The van der Waals surface area contributed by atoms with Crippen molar-refractivity contribution in [3.05, 3.63) is 48.5 Å². The number of hydrogen-bond donors (Lipinski definition) is 6. The first-order valence-corrected chi connectivity index (χ1v) is 13.7. The zero-order valence-electron chi connectivity index (χ0n) is 22.3. The molecule has 216 valence electrons. The summed E-state index contributed by atoms with van der Waals surface area (Å²) in [7, 11) is 0. The van der Waals surface area contributed by atoms with Crippen LogP contribution in [0.3, 0.4) is 0 Å². The Balaban J connectivity index is 1.27. The maximum atomic E-state index is 11.4. The van der Waals surface area contributed by atoms with Crippen LogP contribution in [0.15, 0.2) is 43.0 Å². The molecule has 0 bridgehead atoms. The van der Waals surface area contributed by atoms with E-state index in [0.29, 0.717) is 42.6 Å². The van der Waals surface area contributed by atoms with Crippen LogP contribution in [0.25, 0.3) is 11.2 Å². The second-order valence-corrected chi connectivity index (χ2v) is 10.9. The number of benzene rings is 1. The highest BCUT2D eigenvalue weighted by Gasteiger charge is 2.45. The minimum absolute atomic E-state index is 0.209. The highest BCUT2D eigenvalue weighted by molar-refractivity contribution is 5.81. The summed E-state index contributed by atoms with van der Waals surface area (Å²) < 4.78 is 7.72. The molecule has 2 aliphatic heterocycles. The second-order valence-electron chi connectivity index (χ2n) is 10.9. The van der Waals surface area contributed by atoms with Gasteiger partial charge in [-0.3, -0.25) is 9.36 Å². The number of carboxylic acid groups (broad SMARTS) is 1. The number of aliphatic hydroxyl groups excluding tert-OH is 2. The Morgan fingerprint density at radius 2 is 1.90 bits per heavy atom. The number of aromatic nitrogens is 4. The molecule has 2 aliphatic rings. The van der Waals surface area contributed by atoms with Crippen LogP contribution in [-0.4, -0.2) is 103 Å². The first kappa shape index (κ1) is 28.3. The van der Waals surface area contributed by atoms with Crippen molar-refractivity contribution < 1.29 is 24.9 Å². The van der Waals surface area contributed by atoms with E-state index in [1.54, 1.807) is 4.57 Å². The molecule has 40 heavy (non-hydrogen) atoms. The van der Waals surface area contributed by atoms with Gasteiger partial charge in [-0.05, 0) is 49.8 Å². The average molecular weight is 555 g/mol. The maximum absolute atomic E-state index is 11.4. The number of nitrogen functional groups attached to an aromatic ring is 1. The Morgan fingerprint density at radius 3 is 2.67 bits per heavy atom. The first-order valence-electron chi connectivity index (χ1n) is 13.7. The Hall–Kier alpha value is -3.20. The number of fused-ring (bicyclic) bond motifs is 1. The number of rotatable bonds is 11. The number of carboxylic acids is 1. The number of anilines is 1. The summed E-state index contributed by atoms with van der Waals surface area (Å²) in [5, 5.41) is 34.7. The average Bonchev–Trinajstić information content (AvgIpc) is 3.49. The van der Waals surface area contributed by atoms with Crippen molar-refractivity contribution in [1.82, 2.24) is 29.7 Å². The lowest BCUT2D eigenvalue weighted by molar-refractivity contribution is -0.138. The van der Waals surface area contributed by atoms with Crippen LogP contribution in [0.1, 0.15) is 24.6 Å². The molecule has 2 aromatic heterocycles. The maximum Gasteiger partial charge on any atom is 0.320 e. The van der Waals surface area contributed by atoms with Gasteiger partial charge in [-0.2, -0.15) is 0 Å². The van der Waals surface area contributed by atoms with E-state index in [4.69, 9.17) is 16.2 Å². The topological polar surface area (TPSA) is 198 Å². The van der Waals surface area contributed by atoms with E-state index in [0.717, 1.165) is 25.9 Å². The predicted molar refractivity (Wildman–Crippen MR) is 147 cm³/mol. The summed E-state index contributed by atoms with van der Waals surface area (Å²) in [4.78, 5) is 25.9. The summed E-state index contributed by atoms with van der Waals surface area (Å²) >= 11 is 0. The number of ether oxygens (including phenoxy) is 1. The lowest BCUT2D eigenvalue weighted by atomic mass is 9.86. The predicted octanol–water partition coefficient (Wildman–Crippen LogP) is -0.400. The van der Waals surface area contributed by atoms with Gasteiger partial charge in [0.1, 0.15) is 36.2 Å². The normalized spacial score (nSPS) is 27.8. The van der Waals surface area contributed by atoms with Crippen LogP contribution in [0, 0.1) is 11.8 Å². The zero-order valence-corrected chi connectivity index (χ0v) is 22.3. The van der Waals surface area contributed by atoms with Crippen molar-refractivity contribution in [3.63, 3.8) is 0 Å². The van der Waals surface area contributed by atoms with E-state index in [9.17, 15) is 20.1 Å². The lowest BCUT2D eigenvalue weighted by Gasteiger charge is -2.35. The number of nitrogens with one attached hydrogen (secondary N) is 1.